The average molecular weight is 404 g/mol. The standard InChI is InChI=1S/C24H24N2O4/c25-24(27)26(28)15-19-14-23(19)18-7-4-8-22(13-18)30-21-11-9-20(10-12-21)29-16-17-5-2-1-3-6-17/h1-13,19,23,28H,14-16H2,(H2,25,27)/t19-,23-/m0/s1. The number of carbonyl (C=O) groups excluding carboxylic acids is 1. The van der Waals surface area contributed by atoms with Gasteiger partial charge in [0, 0.05) is 0 Å². The van der Waals surface area contributed by atoms with Crippen molar-refractivity contribution in [2.45, 2.75) is 18.9 Å². The first-order valence-electron chi connectivity index (χ1n) is 9.89. The highest BCUT2D eigenvalue weighted by atomic mass is 16.5. The minimum atomic E-state index is -0.825. The molecule has 0 bridgehead atoms. The van der Waals surface area contributed by atoms with E-state index in [2.05, 4.69) is 0 Å². The molecule has 0 heterocycles. The van der Waals surface area contributed by atoms with Crippen molar-refractivity contribution in [3.63, 3.8) is 0 Å². The van der Waals surface area contributed by atoms with Crippen LogP contribution in [0.1, 0.15) is 23.5 Å². The molecule has 3 N–H and O–H groups in total. The highest BCUT2D eigenvalue weighted by Gasteiger charge is 2.40. The summed E-state index contributed by atoms with van der Waals surface area (Å²) >= 11 is 0. The molecule has 1 aliphatic rings. The zero-order chi connectivity index (χ0) is 20.9. The van der Waals surface area contributed by atoms with Crippen LogP contribution in [0.3, 0.4) is 0 Å². The first kappa shape index (κ1) is 19.8. The van der Waals surface area contributed by atoms with Gasteiger partial charge in [0.1, 0.15) is 23.9 Å². The van der Waals surface area contributed by atoms with Crippen LogP contribution in [0.25, 0.3) is 0 Å². The van der Waals surface area contributed by atoms with Crippen LogP contribution < -0.4 is 15.2 Å². The van der Waals surface area contributed by atoms with Gasteiger partial charge >= 0.3 is 6.03 Å². The molecule has 2 atom stereocenters. The van der Waals surface area contributed by atoms with Crippen LogP contribution in [0.15, 0.2) is 78.9 Å². The maximum atomic E-state index is 11.0. The Bertz CT molecular complexity index is 992. The van der Waals surface area contributed by atoms with Gasteiger partial charge in [-0.3, -0.25) is 5.21 Å². The summed E-state index contributed by atoms with van der Waals surface area (Å²) in [7, 11) is 0. The van der Waals surface area contributed by atoms with Crippen LogP contribution in [0.5, 0.6) is 17.2 Å². The number of rotatable bonds is 8. The largest absolute Gasteiger partial charge is 0.489 e. The quantitative estimate of drug-likeness (QED) is 0.412. The van der Waals surface area contributed by atoms with E-state index in [0.29, 0.717) is 11.7 Å². The van der Waals surface area contributed by atoms with Gasteiger partial charge in [-0.15, -0.1) is 0 Å². The first-order chi connectivity index (χ1) is 14.6. The Balaban J connectivity index is 1.32. The number of amides is 2. The van der Waals surface area contributed by atoms with Crippen molar-refractivity contribution in [2.24, 2.45) is 11.7 Å². The molecule has 6 heteroatoms. The Hall–Kier alpha value is -3.51. The summed E-state index contributed by atoms with van der Waals surface area (Å²) < 4.78 is 11.8. The number of carbonyl (C=O) groups is 1. The molecule has 0 unspecified atom stereocenters. The molecule has 4 rings (SSSR count). The molecular weight excluding hydrogens is 380 g/mol. The van der Waals surface area contributed by atoms with E-state index in [1.807, 2.05) is 78.9 Å². The maximum absolute atomic E-state index is 11.0. The number of hydroxylamine groups is 2. The van der Waals surface area contributed by atoms with E-state index in [-0.39, 0.29) is 18.4 Å². The number of hydrogen-bond acceptors (Lipinski definition) is 4. The van der Waals surface area contributed by atoms with Crippen LogP contribution in [-0.4, -0.2) is 22.8 Å². The van der Waals surface area contributed by atoms with E-state index in [1.54, 1.807) is 0 Å². The lowest BCUT2D eigenvalue weighted by molar-refractivity contribution is -0.0431. The third kappa shape index (κ3) is 5.10. The van der Waals surface area contributed by atoms with Crippen molar-refractivity contribution in [1.82, 2.24) is 5.06 Å². The van der Waals surface area contributed by atoms with Crippen LogP contribution in [0, 0.1) is 5.92 Å². The molecule has 0 radical (unpaired) electrons. The number of benzene rings is 3. The zero-order valence-corrected chi connectivity index (χ0v) is 16.5. The summed E-state index contributed by atoms with van der Waals surface area (Å²) in [5.74, 6) is 2.74. The van der Waals surface area contributed by atoms with Gasteiger partial charge < -0.3 is 15.2 Å². The SMILES string of the molecule is NC(=O)N(O)C[C@@H]1C[C@H]1c1cccc(Oc2ccc(OCc3ccccc3)cc2)c1. The van der Waals surface area contributed by atoms with Crippen molar-refractivity contribution >= 4 is 6.03 Å². The third-order valence-corrected chi connectivity index (χ3v) is 5.18. The number of nitrogens with zero attached hydrogens (tertiary/aromatic N) is 1. The molecule has 3 aromatic rings. The van der Waals surface area contributed by atoms with Gasteiger partial charge in [0.15, 0.2) is 0 Å². The number of nitrogens with two attached hydrogens (primary N) is 1. The van der Waals surface area contributed by atoms with Gasteiger partial charge in [0.25, 0.3) is 0 Å². The topological polar surface area (TPSA) is 85.0 Å². The monoisotopic (exact) mass is 404 g/mol. The normalized spacial score (nSPS) is 17.2. The summed E-state index contributed by atoms with van der Waals surface area (Å²) in [5, 5.41) is 10.1. The highest BCUT2D eigenvalue weighted by Crippen LogP contribution is 2.48. The second-order valence-electron chi connectivity index (χ2n) is 7.44. The fourth-order valence-electron chi connectivity index (χ4n) is 3.46. The van der Waals surface area contributed by atoms with E-state index < -0.39 is 6.03 Å². The van der Waals surface area contributed by atoms with Gasteiger partial charge in [0.05, 0.1) is 6.54 Å². The second kappa shape index (κ2) is 8.88. The molecule has 2 amide bonds. The number of ether oxygens (including phenoxy) is 2. The number of urea groups is 1. The molecule has 6 nitrogen and oxygen atoms in total. The summed E-state index contributed by atoms with van der Waals surface area (Å²) in [5.41, 5.74) is 7.32. The van der Waals surface area contributed by atoms with E-state index in [9.17, 15) is 10.0 Å². The summed E-state index contributed by atoms with van der Waals surface area (Å²) in [4.78, 5) is 11.0. The maximum Gasteiger partial charge on any atom is 0.338 e. The lowest BCUT2D eigenvalue weighted by atomic mass is 10.1. The molecule has 0 spiro atoms. The van der Waals surface area contributed by atoms with E-state index in [4.69, 9.17) is 15.2 Å². The van der Waals surface area contributed by atoms with Gasteiger partial charge in [-0.1, -0.05) is 42.5 Å². The Kier molecular flexibility index (Phi) is 5.86. The highest BCUT2D eigenvalue weighted by molar-refractivity contribution is 5.70. The minimum absolute atomic E-state index is 0.207. The van der Waals surface area contributed by atoms with Crippen LogP contribution in [0.4, 0.5) is 4.79 Å². The van der Waals surface area contributed by atoms with Crippen LogP contribution in [0.2, 0.25) is 0 Å². The number of primary amides is 1. The predicted molar refractivity (Wildman–Crippen MR) is 113 cm³/mol. The van der Waals surface area contributed by atoms with Gasteiger partial charge in [-0.2, -0.15) is 0 Å². The zero-order valence-electron chi connectivity index (χ0n) is 16.5. The van der Waals surface area contributed by atoms with Crippen molar-refractivity contribution in [3.8, 4) is 17.2 Å². The Morgan fingerprint density at radius 3 is 2.43 bits per heavy atom. The first-order valence-corrected chi connectivity index (χ1v) is 9.89. The van der Waals surface area contributed by atoms with E-state index in [0.717, 1.165) is 34.8 Å². The number of hydrogen-bond donors (Lipinski definition) is 2. The second-order valence-corrected chi connectivity index (χ2v) is 7.44. The molecule has 0 aliphatic heterocycles. The van der Waals surface area contributed by atoms with E-state index in [1.165, 1.54) is 0 Å². The summed E-state index contributed by atoms with van der Waals surface area (Å²) in [6.45, 7) is 0.766. The summed E-state index contributed by atoms with van der Waals surface area (Å²) in [6, 6.07) is 24.6. The molecular formula is C24H24N2O4. The van der Waals surface area contributed by atoms with Crippen molar-refractivity contribution in [2.75, 3.05) is 6.54 Å². The van der Waals surface area contributed by atoms with Crippen LogP contribution >= 0.6 is 0 Å². The Morgan fingerprint density at radius 2 is 1.70 bits per heavy atom. The third-order valence-electron chi connectivity index (χ3n) is 5.18. The van der Waals surface area contributed by atoms with Gasteiger partial charge in [-0.05, 0) is 65.8 Å². The van der Waals surface area contributed by atoms with Crippen LogP contribution in [-0.2, 0) is 6.61 Å². The van der Waals surface area contributed by atoms with Crippen molar-refractivity contribution in [1.29, 1.82) is 0 Å². The Labute approximate surface area is 175 Å². The average Bonchev–Trinajstić information content (AvgIpc) is 3.53. The summed E-state index contributed by atoms with van der Waals surface area (Å²) in [6.07, 6.45) is 0.904. The molecule has 1 saturated carbocycles. The molecule has 0 aromatic heterocycles. The van der Waals surface area contributed by atoms with E-state index >= 15 is 0 Å². The van der Waals surface area contributed by atoms with Crippen molar-refractivity contribution < 1.29 is 19.5 Å². The smallest absolute Gasteiger partial charge is 0.338 e. The minimum Gasteiger partial charge on any atom is -0.489 e. The van der Waals surface area contributed by atoms with Crippen molar-refractivity contribution in [3.05, 3.63) is 90.0 Å². The van der Waals surface area contributed by atoms with Gasteiger partial charge in [-0.25, -0.2) is 9.86 Å². The fraction of sp³-hybridized carbons (Fsp3) is 0.208. The molecule has 0 saturated heterocycles. The molecule has 1 aliphatic carbocycles. The fourth-order valence-corrected chi connectivity index (χ4v) is 3.46. The molecule has 30 heavy (non-hydrogen) atoms. The predicted octanol–water partition coefficient (Wildman–Crippen LogP) is 4.93. The lowest BCUT2D eigenvalue weighted by Crippen LogP contribution is -2.34. The Morgan fingerprint density at radius 1 is 0.967 bits per heavy atom. The lowest BCUT2D eigenvalue weighted by Gasteiger charge is -2.12. The molecule has 3 aromatic carbocycles. The molecule has 1 fully saturated rings. The molecule has 154 valence electrons. The van der Waals surface area contributed by atoms with Gasteiger partial charge in [0.2, 0.25) is 0 Å².